The van der Waals surface area contributed by atoms with Gasteiger partial charge in [0.1, 0.15) is 5.75 Å². The van der Waals surface area contributed by atoms with E-state index in [0.29, 0.717) is 11.8 Å². The Morgan fingerprint density at radius 1 is 1.40 bits per heavy atom. The van der Waals surface area contributed by atoms with Gasteiger partial charge in [-0.25, -0.2) is 8.42 Å². The largest absolute Gasteiger partial charge is 0.494 e. The van der Waals surface area contributed by atoms with Gasteiger partial charge in [-0.2, -0.15) is 4.99 Å². The average molecular weight is 383 g/mol. The molecule has 0 aliphatic carbocycles. The highest BCUT2D eigenvalue weighted by atomic mass is 32.2. The number of hydrogen-bond acceptors (Lipinski definition) is 5. The van der Waals surface area contributed by atoms with Crippen LogP contribution in [0.25, 0.3) is 0 Å². The van der Waals surface area contributed by atoms with Crippen LogP contribution in [0, 0.1) is 0 Å². The number of amides is 1. The number of rotatable bonds is 5. The van der Waals surface area contributed by atoms with Crippen molar-refractivity contribution in [3.63, 3.8) is 0 Å². The van der Waals surface area contributed by atoms with E-state index < -0.39 is 9.84 Å². The molecule has 2 fully saturated rings. The van der Waals surface area contributed by atoms with Crippen molar-refractivity contribution in [3.05, 3.63) is 24.3 Å². The van der Waals surface area contributed by atoms with Crippen molar-refractivity contribution in [2.75, 3.05) is 23.0 Å². The molecule has 0 aromatic heterocycles. The van der Waals surface area contributed by atoms with E-state index in [1.807, 2.05) is 29.2 Å². The van der Waals surface area contributed by atoms with Crippen LogP contribution in [0.15, 0.2) is 29.3 Å². The third-order valence-corrected chi connectivity index (χ3v) is 7.39. The van der Waals surface area contributed by atoms with Crippen LogP contribution in [0.4, 0.5) is 5.69 Å². The molecule has 8 heteroatoms. The first-order chi connectivity index (χ1) is 11.9. The maximum atomic E-state index is 12.0. The van der Waals surface area contributed by atoms with Crippen LogP contribution in [0.1, 0.15) is 26.7 Å². The van der Waals surface area contributed by atoms with Crippen molar-refractivity contribution < 1.29 is 17.9 Å². The first kappa shape index (κ1) is 18.3. The molecule has 3 rings (SSSR count). The number of thioether (sulfide) groups is 1. The maximum absolute atomic E-state index is 12.0. The van der Waals surface area contributed by atoms with Gasteiger partial charge >= 0.3 is 0 Å². The lowest BCUT2D eigenvalue weighted by molar-refractivity contribution is -0.115. The van der Waals surface area contributed by atoms with Gasteiger partial charge in [0.2, 0.25) is 5.91 Å². The van der Waals surface area contributed by atoms with Crippen LogP contribution in [0.2, 0.25) is 0 Å². The number of benzene rings is 1. The van der Waals surface area contributed by atoms with E-state index in [1.165, 1.54) is 18.7 Å². The monoisotopic (exact) mass is 382 g/mol. The van der Waals surface area contributed by atoms with Crippen molar-refractivity contribution >= 4 is 38.4 Å². The summed E-state index contributed by atoms with van der Waals surface area (Å²) in [6.45, 7) is 4.15. The van der Waals surface area contributed by atoms with Crippen molar-refractivity contribution in [2.45, 2.75) is 38.0 Å². The second-order valence-electron chi connectivity index (χ2n) is 6.28. The quantitative estimate of drug-likeness (QED) is 0.728. The van der Waals surface area contributed by atoms with Crippen molar-refractivity contribution in [1.82, 2.24) is 0 Å². The molecular weight excluding hydrogens is 360 g/mol. The minimum Gasteiger partial charge on any atom is -0.494 e. The van der Waals surface area contributed by atoms with Crippen LogP contribution in [0.5, 0.6) is 5.75 Å². The van der Waals surface area contributed by atoms with E-state index in [0.717, 1.165) is 24.3 Å². The zero-order valence-electron chi connectivity index (χ0n) is 14.3. The highest BCUT2D eigenvalue weighted by Gasteiger charge is 2.49. The zero-order chi connectivity index (χ0) is 18.0. The van der Waals surface area contributed by atoms with Gasteiger partial charge in [0.15, 0.2) is 15.0 Å². The molecular formula is C17H22N2O4S2. The van der Waals surface area contributed by atoms with Crippen molar-refractivity contribution in [1.29, 1.82) is 0 Å². The highest BCUT2D eigenvalue weighted by Crippen LogP contribution is 2.41. The van der Waals surface area contributed by atoms with Crippen LogP contribution >= 0.6 is 11.8 Å². The van der Waals surface area contributed by atoms with E-state index in [2.05, 4.69) is 11.9 Å². The Kier molecular flexibility index (Phi) is 5.38. The Balaban J connectivity index is 1.91. The minimum absolute atomic E-state index is 0.0858. The lowest BCUT2D eigenvalue weighted by Gasteiger charge is -2.24. The number of aliphatic imine (C=N–C) groups is 1. The number of anilines is 1. The molecule has 0 N–H and O–H groups in total. The molecule has 2 aliphatic rings. The number of nitrogens with zero attached hydrogens (tertiary/aromatic N) is 2. The number of carbonyl (C=O) groups excluding carboxylic acids is 1. The standard InChI is InChI=1S/C17H22N2O4S2/c1-3-4-8-23-14-7-5-6-13(9-14)19-15-10-25(21,22)11-16(15)24-17(19)18-12(2)20/h5-7,9,15-16H,3-4,8,10-11H2,1-2H3/t15-,16-/m1/s1. The Morgan fingerprint density at radius 3 is 2.92 bits per heavy atom. The summed E-state index contributed by atoms with van der Waals surface area (Å²) < 4.78 is 29.8. The summed E-state index contributed by atoms with van der Waals surface area (Å²) in [6, 6.07) is 7.35. The number of unbranched alkanes of at least 4 members (excludes halogenated alkanes) is 1. The summed E-state index contributed by atoms with van der Waals surface area (Å²) in [7, 11) is -3.06. The fourth-order valence-electron chi connectivity index (χ4n) is 3.06. The lowest BCUT2D eigenvalue weighted by atomic mass is 10.2. The third kappa shape index (κ3) is 4.17. The second kappa shape index (κ2) is 7.37. The first-order valence-electron chi connectivity index (χ1n) is 8.38. The zero-order valence-corrected chi connectivity index (χ0v) is 16.0. The molecule has 2 atom stereocenters. The summed E-state index contributed by atoms with van der Waals surface area (Å²) in [5, 5.41) is 0.482. The van der Waals surface area contributed by atoms with E-state index in [4.69, 9.17) is 4.74 Å². The van der Waals surface area contributed by atoms with Crippen LogP contribution < -0.4 is 9.64 Å². The molecule has 136 valence electrons. The summed E-state index contributed by atoms with van der Waals surface area (Å²) in [4.78, 5) is 17.5. The number of fused-ring (bicyclic) bond motifs is 1. The van der Waals surface area contributed by atoms with Crippen LogP contribution in [-0.2, 0) is 14.6 Å². The van der Waals surface area contributed by atoms with Gasteiger partial charge in [0.05, 0.1) is 24.2 Å². The number of amidine groups is 1. The molecule has 0 bridgehead atoms. The van der Waals surface area contributed by atoms with Crippen molar-refractivity contribution in [3.8, 4) is 5.75 Å². The molecule has 6 nitrogen and oxygen atoms in total. The minimum atomic E-state index is -3.06. The third-order valence-electron chi connectivity index (χ3n) is 4.18. The van der Waals surface area contributed by atoms with Gasteiger partial charge in [-0.1, -0.05) is 31.2 Å². The maximum Gasteiger partial charge on any atom is 0.244 e. The van der Waals surface area contributed by atoms with Gasteiger partial charge in [-0.15, -0.1) is 0 Å². The topological polar surface area (TPSA) is 76.0 Å². The molecule has 1 amide bonds. The Labute approximate surface area is 152 Å². The molecule has 2 saturated heterocycles. The van der Waals surface area contributed by atoms with Crippen molar-refractivity contribution in [2.24, 2.45) is 4.99 Å². The highest BCUT2D eigenvalue weighted by molar-refractivity contribution is 8.16. The van der Waals surface area contributed by atoms with Gasteiger partial charge < -0.3 is 9.64 Å². The summed E-state index contributed by atoms with van der Waals surface area (Å²) in [5.74, 6) is 0.665. The Bertz CT molecular complexity index is 792. The number of hydrogen-bond donors (Lipinski definition) is 0. The molecule has 2 heterocycles. The first-order valence-corrected chi connectivity index (χ1v) is 11.1. The predicted octanol–water partition coefficient (Wildman–Crippen LogP) is 2.49. The molecule has 1 aromatic carbocycles. The molecule has 25 heavy (non-hydrogen) atoms. The molecule has 0 saturated carbocycles. The van der Waals surface area contributed by atoms with Gasteiger partial charge in [-0.3, -0.25) is 4.79 Å². The van der Waals surface area contributed by atoms with Gasteiger partial charge in [0, 0.05) is 23.9 Å². The van der Waals surface area contributed by atoms with Gasteiger partial charge in [0.25, 0.3) is 0 Å². The Hall–Kier alpha value is -1.54. The van der Waals surface area contributed by atoms with Crippen LogP contribution in [-0.4, -0.2) is 48.9 Å². The summed E-state index contributed by atoms with van der Waals surface area (Å²) in [6.07, 6.45) is 2.03. The molecule has 0 unspecified atom stereocenters. The average Bonchev–Trinajstić information content (AvgIpc) is 2.98. The predicted molar refractivity (Wildman–Crippen MR) is 101 cm³/mol. The van der Waals surface area contributed by atoms with Crippen LogP contribution in [0.3, 0.4) is 0 Å². The van der Waals surface area contributed by atoms with E-state index >= 15 is 0 Å². The lowest BCUT2D eigenvalue weighted by Crippen LogP contribution is -2.37. The smallest absolute Gasteiger partial charge is 0.244 e. The van der Waals surface area contributed by atoms with E-state index in [9.17, 15) is 13.2 Å². The van der Waals surface area contributed by atoms with Gasteiger partial charge in [-0.05, 0) is 18.6 Å². The fraction of sp³-hybridized carbons (Fsp3) is 0.529. The number of carbonyl (C=O) groups is 1. The SMILES string of the molecule is CCCCOc1cccc(N2C(=NC(C)=O)S[C@@H]3CS(=O)(=O)C[C@H]32)c1. The normalized spacial score (nSPS) is 26.0. The molecule has 0 spiro atoms. The summed E-state index contributed by atoms with van der Waals surface area (Å²) >= 11 is 1.38. The molecule has 1 aromatic rings. The second-order valence-corrected chi connectivity index (χ2v) is 9.64. The Morgan fingerprint density at radius 2 is 2.20 bits per heavy atom. The fourth-order valence-corrected chi connectivity index (χ4v) is 7.02. The summed E-state index contributed by atoms with van der Waals surface area (Å²) in [5.41, 5.74) is 0.811. The molecule has 0 radical (unpaired) electrons. The molecule has 2 aliphatic heterocycles. The number of ether oxygens (including phenoxy) is 1. The van der Waals surface area contributed by atoms with E-state index in [-0.39, 0.29) is 28.7 Å². The number of sulfone groups is 1. The van der Waals surface area contributed by atoms with E-state index in [1.54, 1.807) is 0 Å².